The van der Waals surface area contributed by atoms with Crippen molar-refractivity contribution in [2.45, 2.75) is 20.3 Å². The molecule has 0 aliphatic heterocycles. The van der Waals surface area contributed by atoms with E-state index in [1.54, 1.807) is 25.1 Å². The van der Waals surface area contributed by atoms with Gasteiger partial charge in [0.2, 0.25) is 0 Å². The standard InChI is InChI=1S/C18H15N3O5S/c1-3-11-6-4-10(8-12(11)21(25)26)5-7-13-19-16(22)14-9(2)15(18(23)24)27-17(14)20-13/h4-8H,3H2,1-2H3,(H,23,24)(H,19,20,22)/b7-5-. The van der Waals surface area contributed by atoms with E-state index in [9.17, 15) is 24.8 Å². The van der Waals surface area contributed by atoms with E-state index in [1.165, 1.54) is 12.1 Å². The highest BCUT2D eigenvalue weighted by molar-refractivity contribution is 7.20. The molecule has 1 aromatic carbocycles. The molecule has 27 heavy (non-hydrogen) atoms. The topological polar surface area (TPSA) is 126 Å². The smallest absolute Gasteiger partial charge is 0.346 e. The van der Waals surface area contributed by atoms with Crippen molar-refractivity contribution in [3.8, 4) is 0 Å². The van der Waals surface area contributed by atoms with Gasteiger partial charge in [0.05, 0.1) is 10.3 Å². The fourth-order valence-corrected chi connectivity index (χ4v) is 3.80. The molecule has 2 heterocycles. The van der Waals surface area contributed by atoms with Crippen LogP contribution in [0.4, 0.5) is 5.69 Å². The van der Waals surface area contributed by atoms with Crippen molar-refractivity contribution in [2.24, 2.45) is 0 Å². The summed E-state index contributed by atoms with van der Waals surface area (Å²) < 4.78 is 0. The van der Waals surface area contributed by atoms with Crippen LogP contribution in [0.25, 0.3) is 22.4 Å². The number of aromatic nitrogens is 2. The lowest BCUT2D eigenvalue weighted by atomic mass is 10.1. The molecule has 3 aromatic rings. The Morgan fingerprint density at radius 2 is 2.15 bits per heavy atom. The average Bonchev–Trinajstić information content (AvgIpc) is 2.97. The lowest BCUT2D eigenvalue weighted by Crippen LogP contribution is -2.09. The van der Waals surface area contributed by atoms with Gasteiger partial charge in [0.15, 0.2) is 0 Å². The van der Waals surface area contributed by atoms with E-state index >= 15 is 0 Å². The molecule has 9 heteroatoms. The third-order valence-corrected chi connectivity index (χ3v) is 5.31. The van der Waals surface area contributed by atoms with E-state index in [0.29, 0.717) is 27.9 Å². The van der Waals surface area contributed by atoms with Crippen LogP contribution < -0.4 is 5.56 Å². The summed E-state index contributed by atoms with van der Waals surface area (Å²) in [6, 6.07) is 4.90. The second-order valence-corrected chi connectivity index (χ2v) is 6.82. The Balaban J connectivity index is 2.02. The highest BCUT2D eigenvalue weighted by Crippen LogP contribution is 2.27. The lowest BCUT2D eigenvalue weighted by Gasteiger charge is -2.01. The number of aromatic carboxylic acids is 1. The van der Waals surface area contributed by atoms with Crippen LogP contribution in [0.1, 0.15) is 39.1 Å². The molecule has 3 rings (SSSR count). The number of nitro groups is 1. The van der Waals surface area contributed by atoms with Crippen molar-refractivity contribution in [3.05, 3.63) is 66.1 Å². The largest absolute Gasteiger partial charge is 0.477 e. The number of nitrogens with one attached hydrogen (secondary N) is 1. The third-order valence-electron chi connectivity index (χ3n) is 4.13. The first-order chi connectivity index (χ1) is 12.8. The highest BCUT2D eigenvalue weighted by atomic mass is 32.1. The van der Waals surface area contributed by atoms with E-state index in [2.05, 4.69) is 9.97 Å². The van der Waals surface area contributed by atoms with Crippen LogP contribution in [-0.4, -0.2) is 26.0 Å². The molecule has 0 fully saturated rings. The number of carboxylic acid groups (broad SMARTS) is 1. The minimum absolute atomic E-state index is 0.0385. The molecule has 8 nitrogen and oxygen atoms in total. The van der Waals surface area contributed by atoms with Crippen LogP contribution in [0.3, 0.4) is 0 Å². The van der Waals surface area contributed by atoms with Crippen molar-refractivity contribution < 1.29 is 14.8 Å². The van der Waals surface area contributed by atoms with Gasteiger partial charge in [-0.2, -0.15) is 0 Å². The Bertz CT molecular complexity index is 1160. The van der Waals surface area contributed by atoms with Crippen LogP contribution in [0.5, 0.6) is 0 Å². The number of hydrogen-bond donors (Lipinski definition) is 2. The molecule has 138 valence electrons. The predicted molar refractivity (Wildman–Crippen MR) is 103 cm³/mol. The van der Waals surface area contributed by atoms with Crippen molar-refractivity contribution >= 4 is 45.4 Å². The summed E-state index contributed by atoms with van der Waals surface area (Å²) in [7, 11) is 0. The molecule has 0 aliphatic rings. The number of hydrogen-bond acceptors (Lipinski definition) is 6. The van der Waals surface area contributed by atoms with Gasteiger partial charge in [-0.15, -0.1) is 11.3 Å². The summed E-state index contributed by atoms with van der Waals surface area (Å²) in [5, 5.41) is 20.6. The van der Waals surface area contributed by atoms with Crippen molar-refractivity contribution in [3.63, 3.8) is 0 Å². The predicted octanol–water partition coefficient (Wildman–Crippen LogP) is 3.63. The maximum absolute atomic E-state index is 12.3. The summed E-state index contributed by atoms with van der Waals surface area (Å²) in [4.78, 5) is 41.6. The summed E-state index contributed by atoms with van der Waals surface area (Å²) in [5.74, 6) is -0.858. The normalized spacial score (nSPS) is 11.3. The molecule has 0 unspecified atom stereocenters. The van der Waals surface area contributed by atoms with Gasteiger partial charge in [-0.25, -0.2) is 9.78 Å². The number of thiophene rings is 1. The van der Waals surface area contributed by atoms with Gasteiger partial charge in [-0.05, 0) is 30.5 Å². The van der Waals surface area contributed by atoms with E-state index in [4.69, 9.17) is 0 Å². The molecule has 0 aliphatic carbocycles. The Morgan fingerprint density at radius 3 is 2.78 bits per heavy atom. The molecule has 2 N–H and O–H groups in total. The maximum atomic E-state index is 12.3. The van der Waals surface area contributed by atoms with Crippen LogP contribution in [-0.2, 0) is 6.42 Å². The Labute approximate surface area is 157 Å². The van der Waals surface area contributed by atoms with Crippen LogP contribution >= 0.6 is 11.3 Å². The number of H-pyrrole nitrogens is 1. The maximum Gasteiger partial charge on any atom is 0.346 e. The molecular weight excluding hydrogens is 370 g/mol. The number of aromatic amines is 1. The lowest BCUT2D eigenvalue weighted by molar-refractivity contribution is -0.385. The molecular formula is C18H15N3O5S. The zero-order valence-electron chi connectivity index (χ0n) is 14.5. The summed E-state index contributed by atoms with van der Waals surface area (Å²) >= 11 is 0.939. The third kappa shape index (κ3) is 3.49. The SMILES string of the molecule is CCc1ccc(/C=C\c2nc3sc(C(=O)O)c(C)c3c(=O)[nH]2)cc1[N+](=O)[O-]. The van der Waals surface area contributed by atoms with Crippen molar-refractivity contribution in [1.29, 1.82) is 0 Å². The molecule has 0 bridgehead atoms. The van der Waals surface area contributed by atoms with Gasteiger partial charge in [0, 0.05) is 11.6 Å². The van der Waals surface area contributed by atoms with E-state index in [0.717, 1.165) is 11.3 Å². The minimum atomic E-state index is -1.10. The number of carboxylic acids is 1. The molecule has 0 radical (unpaired) electrons. The number of fused-ring (bicyclic) bond motifs is 1. The summed E-state index contributed by atoms with van der Waals surface area (Å²) in [5.41, 5.74) is 1.23. The van der Waals surface area contributed by atoms with Gasteiger partial charge in [-0.1, -0.05) is 25.1 Å². The Hall–Kier alpha value is -3.33. The number of nitro benzene ring substituents is 1. The molecule has 0 saturated carbocycles. The van der Waals surface area contributed by atoms with E-state index in [-0.39, 0.29) is 21.8 Å². The Kier molecular flexibility index (Phi) is 4.87. The van der Waals surface area contributed by atoms with Crippen molar-refractivity contribution in [1.82, 2.24) is 9.97 Å². The number of rotatable bonds is 5. The first-order valence-corrected chi connectivity index (χ1v) is 8.85. The average molecular weight is 385 g/mol. The second-order valence-electron chi connectivity index (χ2n) is 5.82. The van der Waals surface area contributed by atoms with Gasteiger partial charge < -0.3 is 10.1 Å². The number of carbonyl (C=O) groups is 1. The monoisotopic (exact) mass is 385 g/mol. The van der Waals surface area contributed by atoms with Crippen LogP contribution in [0.15, 0.2) is 23.0 Å². The van der Waals surface area contributed by atoms with Crippen molar-refractivity contribution in [2.75, 3.05) is 0 Å². The molecule has 0 saturated heterocycles. The van der Waals surface area contributed by atoms with Gasteiger partial charge in [-0.3, -0.25) is 14.9 Å². The summed E-state index contributed by atoms with van der Waals surface area (Å²) in [6.07, 6.45) is 3.69. The fraction of sp³-hybridized carbons (Fsp3) is 0.167. The first kappa shape index (κ1) is 18.5. The fourth-order valence-electron chi connectivity index (χ4n) is 2.77. The number of nitrogens with zero attached hydrogens (tertiary/aromatic N) is 2. The molecule has 0 atom stereocenters. The zero-order valence-corrected chi connectivity index (χ0v) is 15.3. The quantitative estimate of drug-likeness (QED) is 0.510. The van der Waals surface area contributed by atoms with E-state index < -0.39 is 16.5 Å². The van der Waals surface area contributed by atoms with Crippen LogP contribution in [0, 0.1) is 17.0 Å². The molecule has 0 amide bonds. The number of benzene rings is 1. The zero-order chi connectivity index (χ0) is 19.7. The number of aryl methyl sites for hydroxylation is 2. The first-order valence-electron chi connectivity index (χ1n) is 8.04. The van der Waals surface area contributed by atoms with Gasteiger partial charge in [0.25, 0.3) is 11.2 Å². The summed E-state index contributed by atoms with van der Waals surface area (Å²) in [6.45, 7) is 3.42. The minimum Gasteiger partial charge on any atom is -0.477 e. The highest BCUT2D eigenvalue weighted by Gasteiger charge is 2.18. The van der Waals surface area contributed by atoms with E-state index in [1.807, 2.05) is 6.92 Å². The van der Waals surface area contributed by atoms with Gasteiger partial charge >= 0.3 is 5.97 Å². The molecule has 2 aromatic heterocycles. The molecule has 0 spiro atoms. The van der Waals surface area contributed by atoms with Gasteiger partial charge in [0.1, 0.15) is 15.5 Å². The second kappa shape index (κ2) is 7.12. The van der Waals surface area contributed by atoms with Crippen LogP contribution in [0.2, 0.25) is 0 Å². The Morgan fingerprint density at radius 1 is 1.41 bits per heavy atom.